The second-order valence-electron chi connectivity index (χ2n) is 9.42. The van der Waals surface area contributed by atoms with Gasteiger partial charge in [0.1, 0.15) is 0 Å². The van der Waals surface area contributed by atoms with Crippen LogP contribution in [0, 0.1) is 5.41 Å². The van der Waals surface area contributed by atoms with Crippen LogP contribution < -0.4 is 10.4 Å². The van der Waals surface area contributed by atoms with Gasteiger partial charge in [-0.05, 0) is 39.8 Å². The maximum absolute atomic E-state index is 6.10. The molecule has 0 unspecified atom stereocenters. The highest BCUT2D eigenvalue weighted by Gasteiger charge is 2.52. The number of rotatable bonds is 4. The summed E-state index contributed by atoms with van der Waals surface area (Å²) in [5.74, 6) is 0. The molecule has 1 spiro atoms. The molecule has 3 aliphatic heterocycles. The van der Waals surface area contributed by atoms with Crippen molar-refractivity contribution in [2.24, 2.45) is 5.41 Å². The van der Waals surface area contributed by atoms with Gasteiger partial charge in [-0.2, -0.15) is 5.10 Å². The lowest BCUT2D eigenvalue weighted by atomic mass is 9.78. The molecule has 2 aromatic rings. The summed E-state index contributed by atoms with van der Waals surface area (Å²) < 4.78 is 19.4. The molecule has 3 saturated heterocycles. The standard InChI is InChI=1S/C20H27BN4O3/c1-18(2)19(3,4)28-21(27-18)15-7-23-25(9-15)10-16-5-6-17(8-22-16)24-11-20(12-24)13-26-14-20/h5-9H,10-14H2,1-4H3. The zero-order valence-electron chi connectivity index (χ0n) is 17.0. The molecular weight excluding hydrogens is 355 g/mol. The molecule has 3 fully saturated rings. The number of anilines is 1. The molecule has 28 heavy (non-hydrogen) atoms. The third-order valence-electron chi connectivity index (χ3n) is 6.55. The maximum Gasteiger partial charge on any atom is 0.498 e. The van der Waals surface area contributed by atoms with Gasteiger partial charge in [0, 0.05) is 30.9 Å². The van der Waals surface area contributed by atoms with Crippen LogP contribution in [0.3, 0.4) is 0 Å². The predicted molar refractivity (Wildman–Crippen MR) is 107 cm³/mol. The van der Waals surface area contributed by atoms with Gasteiger partial charge < -0.3 is 18.9 Å². The van der Waals surface area contributed by atoms with Crippen molar-refractivity contribution >= 4 is 18.3 Å². The third-order valence-corrected chi connectivity index (χ3v) is 6.55. The Bertz CT molecular complexity index is 852. The molecule has 5 rings (SSSR count). The van der Waals surface area contributed by atoms with E-state index in [4.69, 9.17) is 14.0 Å². The van der Waals surface area contributed by atoms with Gasteiger partial charge in [0.2, 0.25) is 0 Å². The molecule has 0 saturated carbocycles. The van der Waals surface area contributed by atoms with Crippen LogP contribution in [0.15, 0.2) is 30.7 Å². The average Bonchev–Trinajstić information content (AvgIpc) is 3.09. The number of hydrogen-bond acceptors (Lipinski definition) is 6. The van der Waals surface area contributed by atoms with Gasteiger partial charge in [-0.1, -0.05) is 0 Å². The highest BCUT2D eigenvalue weighted by Crippen LogP contribution is 2.40. The summed E-state index contributed by atoms with van der Waals surface area (Å²) in [5.41, 5.74) is 2.81. The summed E-state index contributed by atoms with van der Waals surface area (Å²) in [6.07, 6.45) is 5.75. The van der Waals surface area contributed by atoms with Crippen LogP contribution in [0.1, 0.15) is 33.4 Å². The van der Waals surface area contributed by atoms with Crippen molar-refractivity contribution in [2.75, 3.05) is 31.2 Å². The van der Waals surface area contributed by atoms with Crippen LogP contribution in [0.25, 0.3) is 0 Å². The molecular formula is C20H27BN4O3. The fourth-order valence-corrected chi connectivity index (χ4v) is 3.95. The lowest BCUT2D eigenvalue weighted by Gasteiger charge is -2.55. The minimum absolute atomic E-state index is 0.349. The summed E-state index contributed by atoms with van der Waals surface area (Å²) >= 11 is 0. The van der Waals surface area contributed by atoms with Gasteiger partial charge in [0.05, 0.1) is 54.0 Å². The second kappa shape index (κ2) is 6.05. The maximum atomic E-state index is 6.10. The van der Waals surface area contributed by atoms with E-state index in [0.29, 0.717) is 12.0 Å². The quantitative estimate of drug-likeness (QED) is 0.747. The van der Waals surface area contributed by atoms with Gasteiger partial charge in [-0.3, -0.25) is 9.67 Å². The monoisotopic (exact) mass is 382 g/mol. The van der Waals surface area contributed by atoms with Crippen LogP contribution >= 0.6 is 0 Å². The van der Waals surface area contributed by atoms with Crippen molar-refractivity contribution in [3.63, 3.8) is 0 Å². The first-order valence-corrected chi connectivity index (χ1v) is 9.91. The largest absolute Gasteiger partial charge is 0.498 e. The van der Waals surface area contributed by atoms with Crippen LogP contribution in [0.4, 0.5) is 5.69 Å². The Morgan fingerprint density at radius 2 is 1.75 bits per heavy atom. The van der Waals surface area contributed by atoms with Crippen molar-refractivity contribution < 1.29 is 14.0 Å². The van der Waals surface area contributed by atoms with Crippen molar-refractivity contribution in [1.29, 1.82) is 0 Å². The van der Waals surface area contributed by atoms with Crippen molar-refractivity contribution in [3.05, 3.63) is 36.4 Å². The third kappa shape index (κ3) is 2.94. The van der Waals surface area contributed by atoms with E-state index in [1.807, 2.05) is 23.3 Å². The molecule has 8 heteroatoms. The Kier molecular flexibility index (Phi) is 3.92. The van der Waals surface area contributed by atoms with Gasteiger partial charge in [-0.25, -0.2) is 0 Å². The molecule has 0 amide bonds. The van der Waals surface area contributed by atoms with E-state index in [9.17, 15) is 0 Å². The minimum Gasteiger partial charge on any atom is -0.399 e. The first-order valence-electron chi connectivity index (χ1n) is 9.91. The molecule has 3 aliphatic rings. The fourth-order valence-electron chi connectivity index (χ4n) is 3.95. The second-order valence-corrected chi connectivity index (χ2v) is 9.42. The number of hydrogen-bond donors (Lipinski definition) is 0. The zero-order chi connectivity index (χ0) is 19.6. The first-order chi connectivity index (χ1) is 13.3. The Morgan fingerprint density at radius 3 is 2.32 bits per heavy atom. The lowest BCUT2D eigenvalue weighted by molar-refractivity contribution is -0.127. The highest BCUT2D eigenvalue weighted by atomic mass is 16.7. The number of aromatic nitrogens is 3. The highest BCUT2D eigenvalue weighted by molar-refractivity contribution is 6.62. The smallest absolute Gasteiger partial charge is 0.399 e. The van der Waals surface area contributed by atoms with Gasteiger partial charge in [0.15, 0.2) is 0 Å². The van der Waals surface area contributed by atoms with Gasteiger partial charge in [-0.15, -0.1) is 0 Å². The van der Waals surface area contributed by atoms with E-state index in [0.717, 1.165) is 37.5 Å². The SMILES string of the molecule is CC1(C)OB(c2cnn(Cc3ccc(N4CC5(COC5)C4)cn3)c2)OC1(C)C. The summed E-state index contributed by atoms with van der Waals surface area (Å²) in [5, 5.41) is 4.47. The van der Waals surface area contributed by atoms with Gasteiger partial charge in [0.25, 0.3) is 0 Å². The Balaban J connectivity index is 1.22. The Hall–Kier alpha value is -1.90. The van der Waals surface area contributed by atoms with E-state index >= 15 is 0 Å². The number of ether oxygens (including phenoxy) is 1. The molecule has 2 aromatic heterocycles. The van der Waals surface area contributed by atoms with Crippen LogP contribution in [-0.4, -0.2) is 59.4 Å². The predicted octanol–water partition coefficient (Wildman–Crippen LogP) is 1.46. The van der Waals surface area contributed by atoms with E-state index < -0.39 is 0 Å². The topological polar surface area (TPSA) is 61.6 Å². The van der Waals surface area contributed by atoms with Crippen molar-refractivity contribution in [2.45, 2.75) is 45.4 Å². The van der Waals surface area contributed by atoms with Gasteiger partial charge >= 0.3 is 7.12 Å². The van der Waals surface area contributed by atoms with E-state index in [1.165, 1.54) is 5.69 Å². The van der Waals surface area contributed by atoms with E-state index in [1.54, 1.807) is 0 Å². The molecule has 0 N–H and O–H groups in total. The first kappa shape index (κ1) is 18.2. The average molecular weight is 382 g/mol. The lowest BCUT2D eigenvalue weighted by Crippen LogP contribution is -2.66. The number of nitrogens with zero attached hydrogens (tertiary/aromatic N) is 4. The zero-order valence-corrected chi connectivity index (χ0v) is 17.0. The molecule has 7 nitrogen and oxygen atoms in total. The molecule has 0 aliphatic carbocycles. The molecule has 148 valence electrons. The van der Waals surface area contributed by atoms with Crippen LogP contribution in [-0.2, 0) is 20.6 Å². The molecule has 0 atom stereocenters. The normalized spacial score (nSPS) is 24.3. The Morgan fingerprint density at radius 1 is 1.04 bits per heavy atom. The summed E-state index contributed by atoms with van der Waals surface area (Å²) in [7, 11) is -0.386. The molecule has 5 heterocycles. The summed E-state index contributed by atoms with van der Waals surface area (Å²) in [6.45, 7) is 12.8. The molecule has 0 radical (unpaired) electrons. The van der Waals surface area contributed by atoms with E-state index in [2.05, 4.69) is 54.8 Å². The Labute approximate surface area is 166 Å². The van der Waals surface area contributed by atoms with Crippen LogP contribution in [0.5, 0.6) is 0 Å². The van der Waals surface area contributed by atoms with E-state index in [-0.39, 0.29) is 18.3 Å². The fraction of sp³-hybridized carbons (Fsp3) is 0.600. The molecule has 0 aromatic carbocycles. The summed E-state index contributed by atoms with van der Waals surface area (Å²) in [4.78, 5) is 6.99. The van der Waals surface area contributed by atoms with Crippen molar-refractivity contribution in [1.82, 2.24) is 14.8 Å². The van der Waals surface area contributed by atoms with Crippen LogP contribution in [0.2, 0.25) is 0 Å². The minimum atomic E-state index is -0.386. The van der Waals surface area contributed by atoms with Crippen molar-refractivity contribution in [3.8, 4) is 0 Å². The molecule has 0 bridgehead atoms. The number of pyridine rings is 1. The summed E-state index contributed by atoms with van der Waals surface area (Å²) in [6, 6.07) is 4.22.